The number of nitrogens with zero attached hydrogens (tertiary/aromatic N) is 2. The highest BCUT2D eigenvalue weighted by molar-refractivity contribution is 6.03. The third-order valence-electron chi connectivity index (χ3n) is 9.00. The minimum atomic E-state index is -0.0233. The Labute approximate surface area is 274 Å². The maximum Gasteiger partial charge on any atom is 0.231 e. The number of aromatic nitrogens is 2. The molecule has 0 aliphatic heterocycles. The van der Waals surface area contributed by atoms with Gasteiger partial charge >= 0.3 is 0 Å². The lowest BCUT2D eigenvalue weighted by atomic mass is 9.83. The zero-order chi connectivity index (χ0) is 32.3. The molecule has 8 aromatic rings. The van der Waals surface area contributed by atoms with Gasteiger partial charge in [0.1, 0.15) is 11.3 Å². The first-order valence-corrected chi connectivity index (χ1v) is 16.0. The van der Waals surface area contributed by atoms with Crippen molar-refractivity contribution in [2.45, 2.75) is 33.1 Å². The minimum absolute atomic E-state index is 0.0233. The van der Waals surface area contributed by atoms with E-state index in [1.807, 2.05) is 24.4 Å². The van der Waals surface area contributed by atoms with Gasteiger partial charge in [0.2, 0.25) is 5.89 Å². The summed E-state index contributed by atoms with van der Waals surface area (Å²) in [4.78, 5) is 9.85. The molecule has 0 unspecified atom stereocenters. The van der Waals surface area contributed by atoms with Crippen molar-refractivity contribution in [1.82, 2.24) is 9.97 Å². The van der Waals surface area contributed by atoms with E-state index >= 15 is 0 Å². The number of fused-ring (bicyclic) bond motifs is 3. The van der Waals surface area contributed by atoms with Gasteiger partial charge in [0.25, 0.3) is 0 Å². The Bertz CT molecular complexity index is 2480. The lowest BCUT2D eigenvalue weighted by Crippen LogP contribution is -2.11. The van der Waals surface area contributed by atoms with Crippen LogP contribution in [0.3, 0.4) is 0 Å². The Hall–Kier alpha value is -5.74. The van der Waals surface area contributed by atoms with Crippen molar-refractivity contribution in [2.24, 2.45) is 0 Å². The average molecular weight is 611 g/mol. The first-order chi connectivity index (χ1) is 22.7. The van der Waals surface area contributed by atoms with Crippen molar-refractivity contribution in [3.8, 4) is 50.6 Å². The van der Waals surface area contributed by atoms with Crippen LogP contribution in [0.15, 0.2) is 132 Å². The molecular formula is C43H34N2O2. The van der Waals surface area contributed by atoms with Gasteiger partial charge in [0.05, 0.1) is 11.1 Å². The Balaban J connectivity index is 1.40. The second-order valence-corrected chi connectivity index (χ2v) is 13.4. The van der Waals surface area contributed by atoms with Crippen LogP contribution in [0, 0.1) is 6.92 Å². The molecule has 6 aromatic carbocycles. The molecule has 2 aromatic heterocycles. The van der Waals surface area contributed by atoms with Crippen molar-refractivity contribution in [2.75, 3.05) is 0 Å². The normalized spacial score (nSPS) is 11.9. The van der Waals surface area contributed by atoms with Crippen LogP contribution in [0.2, 0.25) is 0 Å². The Morgan fingerprint density at radius 3 is 2.09 bits per heavy atom. The third kappa shape index (κ3) is 5.12. The number of phenolic OH excluding ortho intramolecular Hbond substituents is 1. The van der Waals surface area contributed by atoms with E-state index in [2.05, 4.69) is 119 Å². The predicted molar refractivity (Wildman–Crippen MR) is 194 cm³/mol. The molecule has 0 bridgehead atoms. The molecule has 0 radical (unpaired) electrons. The molecule has 0 fully saturated rings. The molecule has 4 nitrogen and oxygen atoms in total. The molecular weight excluding hydrogens is 576 g/mol. The Kier molecular flexibility index (Phi) is 6.69. The second-order valence-electron chi connectivity index (χ2n) is 13.4. The summed E-state index contributed by atoms with van der Waals surface area (Å²) in [5, 5.41) is 14.2. The van der Waals surface area contributed by atoms with Gasteiger partial charge in [-0.05, 0) is 105 Å². The van der Waals surface area contributed by atoms with Crippen LogP contribution in [-0.2, 0) is 5.41 Å². The van der Waals surface area contributed by atoms with E-state index in [4.69, 9.17) is 14.4 Å². The maximum absolute atomic E-state index is 10.7. The summed E-state index contributed by atoms with van der Waals surface area (Å²) in [6.07, 6.45) is 1.87. The first kappa shape index (κ1) is 28.7. The van der Waals surface area contributed by atoms with E-state index in [-0.39, 0.29) is 11.2 Å². The van der Waals surface area contributed by atoms with Gasteiger partial charge in [-0.15, -0.1) is 0 Å². The number of hydrogen-bond donors (Lipinski definition) is 1. The highest BCUT2D eigenvalue weighted by atomic mass is 16.3. The van der Waals surface area contributed by atoms with E-state index in [0.29, 0.717) is 17.0 Å². The molecule has 4 heteroatoms. The number of oxazole rings is 1. The molecule has 0 saturated heterocycles. The van der Waals surface area contributed by atoms with Gasteiger partial charge < -0.3 is 9.52 Å². The molecule has 228 valence electrons. The van der Waals surface area contributed by atoms with Crippen molar-refractivity contribution >= 4 is 32.8 Å². The summed E-state index contributed by atoms with van der Waals surface area (Å²) in [5.74, 6) is 0.515. The van der Waals surface area contributed by atoms with Gasteiger partial charge in [-0.2, -0.15) is 0 Å². The number of rotatable bonds is 4. The molecule has 0 aliphatic rings. The van der Waals surface area contributed by atoms with Gasteiger partial charge in [-0.3, -0.25) is 4.98 Å². The average Bonchev–Trinajstić information content (AvgIpc) is 3.50. The number of hydrogen-bond acceptors (Lipinski definition) is 4. The number of benzene rings is 6. The van der Waals surface area contributed by atoms with Crippen LogP contribution >= 0.6 is 0 Å². The number of pyridine rings is 1. The molecule has 8 rings (SSSR count). The third-order valence-corrected chi connectivity index (χ3v) is 9.00. The van der Waals surface area contributed by atoms with Crippen LogP contribution in [0.1, 0.15) is 31.9 Å². The van der Waals surface area contributed by atoms with Gasteiger partial charge in [0, 0.05) is 22.7 Å². The number of aryl methyl sites for hydroxylation is 1. The molecule has 0 saturated carbocycles. The molecule has 0 atom stereocenters. The maximum atomic E-state index is 10.7. The highest BCUT2D eigenvalue weighted by Gasteiger charge is 2.21. The van der Waals surface area contributed by atoms with E-state index in [1.54, 1.807) is 12.1 Å². The quantitative estimate of drug-likeness (QED) is 0.215. The van der Waals surface area contributed by atoms with Crippen LogP contribution in [0.25, 0.3) is 77.6 Å². The van der Waals surface area contributed by atoms with E-state index in [0.717, 1.165) is 55.4 Å². The van der Waals surface area contributed by atoms with Crippen LogP contribution in [-0.4, -0.2) is 15.1 Å². The van der Waals surface area contributed by atoms with Crippen molar-refractivity contribution < 1.29 is 9.52 Å². The monoisotopic (exact) mass is 610 g/mol. The second kappa shape index (κ2) is 11.0. The molecule has 47 heavy (non-hydrogen) atoms. The standard InChI is InChI=1S/C43H34N2O2/c1-26-19-29(21-30(20-26)37-25-32(43(2,3)4)22-28-13-10-18-44-40(28)37)36-23-31(34-16-9-12-27-11-5-6-14-33(27)34)24-39-41(36)45-42(47-39)35-15-7-8-17-38(35)46/h5-25,46H,1-4H3. The molecule has 1 N–H and O–H groups in total. The fourth-order valence-corrected chi connectivity index (χ4v) is 6.59. The van der Waals surface area contributed by atoms with Crippen LogP contribution in [0.5, 0.6) is 5.75 Å². The number of phenols is 1. The largest absolute Gasteiger partial charge is 0.507 e. The summed E-state index contributed by atoms with van der Waals surface area (Å²) >= 11 is 0. The van der Waals surface area contributed by atoms with Gasteiger partial charge in [-0.25, -0.2) is 4.98 Å². The summed E-state index contributed by atoms with van der Waals surface area (Å²) in [5.41, 5.74) is 11.7. The summed E-state index contributed by atoms with van der Waals surface area (Å²) < 4.78 is 6.45. The first-order valence-electron chi connectivity index (χ1n) is 16.0. The summed E-state index contributed by atoms with van der Waals surface area (Å²) in [7, 11) is 0. The van der Waals surface area contributed by atoms with E-state index in [9.17, 15) is 5.11 Å². The lowest BCUT2D eigenvalue weighted by Gasteiger charge is -2.21. The highest BCUT2D eigenvalue weighted by Crippen LogP contribution is 2.42. The van der Waals surface area contributed by atoms with E-state index < -0.39 is 0 Å². The number of para-hydroxylation sites is 1. The zero-order valence-electron chi connectivity index (χ0n) is 26.9. The van der Waals surface area contributed by atoms with Crippen LogP contribution < -0.4 is 0 Å². The van der Waals surface area contributed by atoms with Crippen LogP contribution in [0.4, 0.5) is 0 Å². The van der Waals surface area contributed by atoms with Crippen molar-refractivity contribution in [3.05, 3.63) is 139 Å². The Morgan fingerprint density at radius 1 is 0.596 bits per heavy atom. The smallest absolute Gasteiger partial charge is 0.231 e. The predicted octanol–water partition coefficient (Wildman–Crippen LogP) is 11.5. The molecule has 0 aliphatic carbocycles. The van der Waals surface area contributed by atoms with E-state index in [1.165, 1.54) is 16.3 Å². The van der Waals surface area contributed by atoms with Crippen molar-refractivity contribution in [3.63, 3.8) is 0 Å². The number of aromatic hydroxyl groups is 1. The summed E-state index contributed by atoms with van der Waals surface area (Å²) in [6, 6.07) is 41.7. The molecule has 0 spiro atoms. The fraction of sp³-hybridized carbons (Fsp3) is 0.116. The molecule has 0 amide bonds. The fourth-order valence-electron chi connectivity index (χ4n) is 6.59. The SMILES string of the molecule is Cc1cc(-c2cc(C(C)(C)C)cc3cccnc23)cc(-c2cc(-c3cccc4ccccc34)cc3oc(-c4ccccc4O)nc23)c1. The zero-order valence-corrected chi connectivity index (χ0v) is 26.9. The minimum Gasteiger partial charge on any atom is -0.507 e. The Morgan fingerprint density at radius 2 is 1.28 bits per heavy atom. The topological polar surface area (TPSA) is 59.2 Å². The summed E-state index contributed by atoms with van der Waals surface area (Å²) in [6.45, 7) is 8.88. The van der Waals surface area contributed by atoms with Gasteiger partial charge in [0.15, 0.2) is 5.58 Å². The van der Waals surface area contributed by atoms with Gasteiger partial charge in [-0.1, -0.05) is 93.6 Å². The van der Waals surface area contributed by atoms with Crippen molar-refractivity contribution in [1.29, 1.82) is 0 Å². The lowest BCUT2D eigenvalue weighted by molar-refractivity contribution is 0.474. The molecule has 2 heterocycles.